The summed E-state index contributed by atoms with van der Waals surface area (Å²) in [5, 5.41) is 14.6. The number of rotatable bonds is 6. The molecule has 1 aromatic rings. The van der Waals surface area contributed by atoms with Crippen LogP contribution in [0.2, 0.25) is 0 Å². The molecular formula is C24H32ClFN4O3S. The lowest BCUT2D eigenvalue weighted by molar-refractivity contribution is -0.384. The maximum Gasteiger partial charge on any atom is 0.271 e. The van der Waals surface area contributed by atoms with Gasteiger partial charge in [0.25, 0.3) is 5.69 Å². The molecule has 1 unspecified atom stereocenters. The molecule has 1 amide bonds. The molecule has 1 aliphatic heterocycles. The average molecular weight is 511 g/mol. The van der Waals surface area contributed by atoms with Gasteiger partial charge in [0.1, 0.15) is 5.82 Å². The van der Waals surface area contributed by atoms with Gasteiger partial charge >= 0.3 is 0 Å². The number of hydrogen-bond donors (Lipinski definition) is 1. The van der Waals surface area contributed by atoms with Gasteiger partial charge in [-0.2, -0.15) is 0 Å². The van der Waals surface area contributed by atoms with Crippen LogP contribution in [0.3, 0.4) is 0 Å². The van der Waals surface area contributed by atoms with E-state index >= 15 is 0 Å². The normalized spacial score (nSPS) is 32.8. The van der Waals surface area contributed by atoms with Gasteiger partial charge in [-0.25, -0.2) is 4.39 Å². The first-order valence-corrected chi connectivity index (χ1v) is 12.9. The van der Waals surface area contributed by atoms with Crippen LogP contribution in [0.4, 0.5) is 15.8 Å². The Morgan fingerprint density at radius 2 is 1.88 bits per heavy atom. The Morgan fingerprint density at radius 1 is 1.26 bits per heavy atom. The number of benzene rings is 1. The summed E-state index contributed by atoms with van der Waals surface area (Å²) in [6.45, 7) is 4.23. The SMILES string of the molecule is CC(C)N1C(=NC23CC4CC(CC(C4)C2)C3)SCC1CC(=O)Nc1cc([N+](=O)[O-])ccc1F.Cl. The van der Waals surface area contributed by atoms with Crippen molar-refractivity contribution in [3.05, 3.63) is 34.1 Å². The second-order valence-corrected chi connectivity index (χ2v) is 11.7. The van der Waals surface area contributed by atoms with Crippen LogP contribution < -0.4 is 5.32 Å². The highest BCUT2D eigenvalue weighted by Crippen LogP contribution is 2.57. The second kappa shape index (κ2) is 9.64. The third kappa shape index (κ3) is 4.91. The molecule has 10 heteroatoms. The number of nitro groups is 1. The summed E-state index contributed by atoms with van der Waals surface area (Å²) in [5.74, 6) is 2.21. The number of amides is 1. The lowest BCUT2D eigenvalue weighted by atomic mass is 9.53. The van der Waals surface area contributed by atoms with E-state index < -0.39 is 10.7 Å². The van der Waals surface area contributed by atoms with Gasteiger partial charge in [0.15, 0.2) is 5.17 Å². The summed E-state index contributed by atoms with van der Waals surface area (Å²) >= 11 is 1.73. The molecule has 4 saturated carbocycles. The van der Waals surface area contributed by atoms with Gasteiger partial charge in [0.2, 0.25) is 5.91 Å². The van der Waals surface area contributed by atoms with Crippen LogP contribution in [-0.2, 0) is 4.79 Å². The standard InChI is InChI=1S/C24H31FN4O3S.ClH/c1-14(2)28-19(9-22(30)26-21-8-18(29(31)32)3-4-20(21)25)13-33-23(28)27-24-10-15-5-16(11-24)7-17(6-15)12-24;/h3-4,8,14-17,19H,5-7,9-13H2,1-2H3,(H,26,30);1H. The largest absolute Gasteiger partial charge is 0.345 e. The summed E-state index contributed by atoms with van der Waals surface area (Å²) in [6.07, 6.45) is 7.92. The Hall–Kier alpha value is -1.87. The van der Waals surface area contributed by atoms with Crippen LogP contribution >= 0.6 is 24.2 Å². The Kier molecular flexibility index (Phi) is 7.16. The second-order valence-electron chi connectivity index (χ2n) is 10.7. The molecule has 0 spiro atoms. The minimum absolute atomic E-state index is 0. The fourth-order valence-electron chi connectivity index (χ4n) is 6.91. The van der Waals surface area contributed by atoms with E-state index in [9.17, 15) is 19.3 Å². The van der Waals surface area contributed by atoms with Crippen molar-refractivity contribution in [1.82, 2.24) is 4.90 Å². The fraction of sp³-hybridized carbons (Fsp3) is 0.667. The maximum atomic E-state index is 14.1. The molecule has 1 heterocycles. The first kappa shape index (κ1) is 25.2. The van der Waals surface area contributed by atoms with Crippen LogP contribution in [0, 0.1) is 33.7 Å². The topological polar surface area (TPSA) is 87.8 Å². The van der Waals surface area contributed by atoms with Crippen molar-refractivity contribution in [3.8, 4) is 0 Å². The fourth-order valence-corrected chi connectivity index (χ4v) is 8.30. The number of thioether (sulfide) groups is 1. The molecule has 4 aliphatic carbocycles. The summed E-state index contributed by atoms with van der Waals surface area (Å²) in [6, 6.07) is 3.32. The molecule has 5 fully saturated rings. The summed E-state index contributed by atoms with van der Waals surface area (Å²) in [4.78, 5) is 30.8. The van der Waals surface area contributed by atoms with Gasteiger partial charge < -0.3 is 10.2 Å². The Balaban J connectivity index is 0.00000274. The van der Waals surface area contributed by atoms with E-state index in [1.165, 1.54) is 38.5 Å². The van der Waals surface area contributed by atoms with Crippen LogP contribution in [0.25, 0.3) is 0 Å². The number of hydrogen-bond acceptors (Lipinski definition) is 5. The van der Waals surface area contributed by atoms with Gasteiger partial charge in [-0.1, -0.05) is 11.8 Å². The molecular weight excluding hydrogens is 479 g/mol. The van der Waals surface area contributed by atoms with Crippen molar-refractivity contribution in [2.24, 2.45) is 22.7 Å². The molecule has 1 saturated heterocycles. The van der Waals surface area contributed by atoms with Crippen LogP contribution in [0.15, 0.2) is 23.2 Å². The number of carbonyl (C=O) groups is 1. The number of aliphatic imine (C=N–C) groups is 1. The Bertz CT molecular complexity index is 969. The van der Waals surface area contributed by atoms with Crippen molar-refractivity contribution in [3.63, 3.8) is 0 Å². The minimum atomic E-state index is -0.681. The number of non-ortho nitro benzene ring substituents is 1. The van der Waals surface area contributed by atoms with E-state index in [1.54, 1.807) is 11.8 Å². The zero-order chi connectivity index (χ0) is 23.3. The quantitative estimate of drug-likeness (QED) is 0.395. The van der Waals surface area contributed by atoms with Gasteiger partial charge in [0.05, 0.1) is 16.1 Å². The van der Waals surface area contributed by atoms with Crippen molar-refractivity contribution >= 4 is 46.6 Å². The number of amidine groups is 1. The highest BCUT2D eigenvalue weighted by molar-refractivity contribution is 8.14. The molecule has 5 aliphatic rings. The van der Waals surface area contributed by atoms with Gasteiger partial charge in [-0.05, 0) is 76.2 Å². The summed E-state index contributed by atoms with van der Waals surface area (Å²) in [5.41, 5.74) is -0.330. The molecule has 6 rings (SSSR count). The summed E-state index contributed by atoms with van der Waals surface area (Å²) < 4.78 is 14.1. The zero-order valence-electron chi connectivity index (χ0n) is 19.5. The molecule has 4 bridgehead atoms. The third-order valence-corrected chi connectivity index (χ3v) is 8.88. The molecule has 1 atom stereocenters. The Morgan fingerprint density at radius 3 is 2.44 bits per heavy atom. The lowest BCUT2D eigenvalue weighted by Gasteiger charge is -2.55. The number of nitro benzene ring substituents is 1. The molecule has 7 nitrogen and oxygen atoms in total. The van der Waals surface area contributed by atoms with E-state index in [0.717, 1.165) is 46.9 Å². The van der Waals surface area contributed by atoms with E-state index in [-0.39, 0.29) is 53.7 Å². The maximum absolute atomic E-state index is 14.1. The smallest absolute Gasteiger partial charge is 0.271 e. The van der Waals surface area contributed by atoms with Gasteiger partial charge in [0, 0.05) is 36.4 Å². The minimum Gasteiger partial charge on any atom is -0.345 e. The average Bonchev–Trinajstić information content (AvgIpc) is 3.09. The highest BCUT2D eigenvalue weighted by Gasteiger charge is 2.51. The molecule has 0 aromatic heterocycles. The molecule has 186 valence electrons. The first-order chi connectivity index (χ1) is 15.7. The van der Waals surface area contributed by atoms with Crippen molar-refractivity contribution < 1.29 is 14.1 Å². The summed E-state index contributed by atoms with van der Waals surface area (Å²) in [7, 11) is 0. The van der Waals surface area contributed by atoms with Crippen LogP contribution in [0.5, 0.6) is 0 Å². The van der Waals surface area contributed by atoms with E-state index in [4.69, 9.17) is 4.99 Å². The number of nitrogens with one attached hydrogen (secondary N) is 1. The molecule has 1 aromatic carbocycles. The van der Waals surface area contributed by atoms with E-state index in [1.807, 2.05) is 0 Å². The third-order valence-electron chi connectivity index (χ3n) is 7.77. The molecule has 1 N–H and O–H groups in total. The van der Waals surface area contributed by atoms with Crippen LogP contribution in [0.1, 0.15) is 58.8 Å². The number of carbonyl (C=O) groups excluding carboxylic acids is 1. The Labute approximate surface area is 209 Å². The zero-order valence-corrected chi connectivity index (χ0v) is 21.2. The molecule has 0 radical (unpaired) electrons. The van der Waals surface area contributed by atoms with Crippen molar-refractivity contribution in [2.45, 2.75) is 76.4 Å². The highest BCUT2D eigenvalue weighted by atomic mass is 35.5. The molecule has 34 heavy (non-hydrogen) atoms. The van der Waals surface area contributed by atoms with E-state index in [0.29, 0.717) is 0 Å². The number of halogens is 2. The number of anilines is 1. The monoisotopic (exact) mass is 510 g/mol. The van der Waals surface area contributed by atoms with E-state index in [2.05, 4.69) is 24.1 Å². The van der Waals surface area contributed by atoms with Gasteiger partial charge in [-0.15, -0.1) is 12.4 Å². The first-order valence-electron chi connectivity index (χ1n) is 12.0. The van der Waals surface area contributed by atoms with Crippen molar-refractivity contribution in [1.29, 1.82) is 0 Å². The number of nitrogens with zero attached hydrogens (tertiary/aromatic N) is 3. The predicted molar refractivity (Wildman–Crippen MR) is 135 cm³/mol. The van der Waals surface area contributed by atoms with Gasteiger partial charge in [-0.3, -0.25) is 19.9 Å². The lowest BCUT2D eigenvalue weighted by Crippen LogP contribution is -2.50. The predicted octanol–water partition coefficient (Wildman–Crippen LogP) is 5.63. The van der Waals surface area contributed by atoms with Crippen LogP contribution in [-0.4, -0.2) is 44.3 Å². The van der Waals surface area contributed by atoms with Crippen molar-refractivity contribution in [2.75, 3.05) is 11.1 Å².